The molecule has 0 spiro atoms. The summed E-state index contributed by atoms with van der Waals surface area (Å²) < 4.78 is 31.0. The molecule has 0 atom stereocenters. The van der Waals surface area contributed by atoms with Crippen LogP contribution in [0.25, 0.3) is 11.3 Å². The standard InChI is InChI=1S/C26H28N6O2S/c1-31(2)15-14-29-35(33,34)24-16-23(18-27-26(24)22-17-28-32(3)19-22)30-25(20-10-6-4-7-11-20)21-12-8-5-9-13-21/h4-13,16-19,29H,14-15H2,1-3H3. The lowest BCUT2D eigenvalue weighted by Crippen LogP contribution is -2.31. The third-order valence-corrected chi connectivity index (χ3v) is 6.77. The monoisotopic (exact) mass is 488 g/mol. The smallest absolute Gasteiger partial charge is 0.242 e. The first kappa shape index (κ1) is 24.5. The van der Waals surface area contributed by atoms with Crippen molar-refractivity contribution in [2.24, 2.45) is 12.0 Å². The second-order valence-electron chi connectivity index (χ2n) is 8.34. The normalized spacial score (nSPS) is 11.5. The number of aryl methyl sites for hydroxylation is 1. The molecule has 1 N–H and O–H groups in total. The van der Waals surface area contributed by atoms with E-state index in [1.165, 1.54) is 0 Å². The van der Waals surface area contributed by atoms with Crippen LogP contribution >= 0.6 is 0 Å². The first-order valence-electron chi connectivity index (χ1n) is 11.2. The number of benzene rings is 2. The third-order valence-electron chi connectivity index (χ3n) is 5.29. The molecule has 2 aromatic carbocycles. The van der Waals surface area contributed by atoms with E-state index in [0.29, 0.717) is 23.5 Å². The maximum absolute atomic E-state index is 13.3. The van der Waals surface area contributed by atoms with Crippen LogP contribution in [0, 0.1) is 0 Å². The molecule has 35 heavy (non-hydrogen) atoms. The summed E-state index contributed by atoms with van der Waals surface area (Å²) in [4.78, 5) is 11.4. The van der Waals surface area contributed by atoms with Gasteiger partial charge in [-0.3, -0.25) is 9.67 Å². The molecular formula is C26H28N6O2S. The Morgan fingerprint density at radius 1 is 1.00 bits per heavy atom. The van der Waals surface area contributed by atoms with Crippen molar-refractivity contribution >= 4 is 21.4 Å². The van der Waals surface area contributed by atoms with Crippen molar-refractivity contribution in [3.05, 3.63) is 96.4 Å². The van der Waals surface area contributed by atoms with Crippen LogP contribution in [0.4, 0.5) is 5.69 Å². The fraction of sp³-hybridized carbons (Fsp3) is 0.192. The Morgan fingerprint density at radius 3 is 2.17 bits per heavy atom. The number of hydrogen-bond donors (Lipinski definition) is 1. The fourth-order valence-electron chi connectivity index (χ4n) is 3.56. The molecule has 0 fully saturated rings. The van der Waals surface area contributed by atoms with Gasteiger partial charge in [0.15, 0.2) is 0 Å². The molecule has 0 bridgehead atoms. The average Bonchev–Trinajstić information content (AvgIpc) is 3.29. The molecule has 0 aliphatic rings. The number of rotatable bonds is 9. The molecule has 0 amide bonds. The quantitative estimate of drug-likeness (QED) is 0.364. The number of nitrogens with zero attached hydrogens (tertiary/aromatic N) is 5. The van der Waals surface area contributed by atoms with E-state index in [2.05, 4.69) is 14.8 Å². The van der Waals surface area contributed by atoms with Gasteiger partial charge in [0.05, 0.1) is 29.5 Å². The molecule has 180 valence electrons. The fourth-order valence-corrected chi connectivity index (χ4v) is 4.78. The minimum Gasteiger partial charge on any atom is -0.308 e. The van der Waals surface area contributed by atoms with E-state index in [1.54, 1.807) is 36.4 Å². The summed E-state index contributed by atoms with van der Waals surface area (Å²) in [5.74, 6) is 0. The molecule has 8 nitrogen and oxygen atoms in total. The summed E-state index contributed by atoms with van der Waals surface area (Å²) in [5.41, 5.74) is 3.95. The van der Waals surface area contributed by atoms with Crippen LogP contribution in [-0.4, -0.2) is 61.0 Å². The van der Waals surface area contributed by atoms with Crippen LogP contribution in [0.5, 0.6) is 0 Å². The summed E-state index contributed by atoms with van der Waals surface area (Å²) in [6.07, 6.45) is 4.93. The minimum atomic E-state index is -3.86. The Balaban J connectivity index is 1.83. The van der Waals surface area contributed by atoms with Gasteiger partial charge >= 0.3 is 0 Å². The molecule has 0 aliphatic heterocycles. The van der Waals surface area contributed by atoms with Crippen molar-refractivity contribution in [1.29, 1.82) is 0 Å². The van der Waals surface area contributed by atoms with Crippen molar-refractivity contribution in [1.82, 2.24) is 24.4 Å². The van der Waals surface area contributed by atoms with Gasteiger partial charge in [-0.1, -0.05) is 60.7 Å². The first-order valence-corrected chi connectivity index (χ1v) is 12.6. The van der Waals surface area contributed by atoms with E-state index in [0.717, 1.165) is 16.8 Å². The molecule has 0 saturated heterocycles. The molecule has 0 unspecified atom stereocenters. The van der Waals surface area contributed by atoms with Crippen molar-refractivity contribution in [3.63, 3.8) is 0 Å². The number of likely N-dealkylation sites (N-methyl/N-ethyl adjacent to an activating group) is 1. The predicted octanol–water partition coefficient (Wildman–Crippen LogP) is 3.49. The van der Waals surface area contributed by atoms with Crippen molar-refractivity contribution < 1.29 is 8.42 Å². The van der Waals surface area contributed by atoms with Gasteiger partial charge in [-0.2, -0.15) is 5.10 Å². The van der Waals surface area contributed by atoms with Gasteiger partial charge in [0, 0.05) is 43.0 Å². The number of hydrogen-bond acceptors (Lipinski definition) is 6. The van der Waals surface area contributed by atoms with E-state index >= 15 is 0 Å². The van der Waals surface area contributed by atoms with Crippen LogP contribution in [-0.2, 0) is 17.1 Å². The molecule has 9 heteroatoms. The van der Waals surface area contributed by atoms with E-state index in [-0.39, 0.29) is 11.4 Å². The van der Waals surface area contributed by atoms with Gasteiger partial charge in [-0.15, -0.1) is 0 Å². The van der Waals surface area contributed by atoms with Gasteiger partial charge in [-0.25, -0.2) is 18.1 Å². The van der Waals surface area contributed by atoms with E-state index < -0.39 is 10.0 Å². The number of aliphatic imine (C=N–C) groups is 1. The lowest BCUT2D eigenvalue weighted by Gasteiger charge is -2.14. The number of nitrogens with one attached hydrogen (secondary N) is 1. The number of aromatic nitrogens is 3. The third kappa shape index (κ3) is 6.07. The molecule has 4 aromatic rings. The number of pyridine rings is 1. The zero-order valence-electron chi connectivity index (χ0n) is 20.0. The largest absolute Gasteiger partial charge is 0.308 e. The molecule has 4 rings (SSSR count). The summed E-state index contributed by atoms with van der Waals surface area (Å²) >= 11 is 0. The van der Waals surface area contributed by atoms with Crippen molar-refractivity contribution in [2.75, 3.05) is 27.2 Å². The Morgan fingerprint density at radius 2 is 1.63 bits per heavy atom. The zero-order chi connectivity index (χ0) is 24.8. The Labute approximate surface area is 206 Å². The van der Waals surface area contributed by atoms with Gasteiger partial charge < -0.3 is 4.90 Å². The zero-order valence-corrected chi connectivity index (χ0v) is 20.8. The summed E-state index contributed by atoms with van der Waals surface area (Å²) in [6, 6.07) is 21.1. The minimum absolute atomic E-state index is 0.0611. The molecular weight excluding hydrogens is 460 g/mol. The second kappa shape index (κ2) is 10.7. The first-order chi connectivity index (χ1) is 16.8. The highest BCUT2D eigenvalue weighted by Gasteiger charge is 2.22. The maximum atomic E-state index is 13.3. The van der Waals surface area contributed by atoms with Gasteiger partial charge in [-0.05, 0) is 20.2 Å². The molecule has 2 aromatic heterocycles. The second-order valence-corrected chi connectivity index (χ2v) is 10.1. The summed E-state index contributed by atoms with van der Waals surface area (Å²) in [7, 11) is 1.70. The SMILES string of the molecule is CN(C)CCNS(=O)(=O)c1cc(N=C(c2ccccc2)c2ccccc2)cnc1-c1cnn(C)c1. The van der Waals surface area contributed by atoms with Crippen LogP contribution in [0.15, 0.2) is 95.2 Å². The van der Waals surface area contributed by atoms with Gasteiger partial charge in [0.1, 0.15) is 4.90 Å². The highest BCUT2D eigenvalue weighted by atomic mass is 32.2. The Kier molecular flexibility index (Phi) is 7.50. The van der Waals surface area contributed by atoms with E-state index in [4.69, 9.17) is 4.99 Å². The highest BCUT2D eigenvalue weighted by molar-refractivity contribution is 7.89. The predicted molar refractivity (Wildman–Crippen MR) is 138 cm³/mol. The maximum Gasteiger partial charge on any atom is 0.242 e. The van der Waals surface area contributed by atoms with Crippen molar-refractivity contribution in [3.8, 4) is 11.3 Å². The molecule has 0 radical (unpaired) electrons. The van der Waals surface area contributed by atoms with Crippen LogP contribution in [0.2, 0.25) is 0 Å². The van der Waals surface area contributed by atoms with Crippen LogP contribution < -0.4 is 4.72 Å². The Hall–Kier alpha value is -3.66. The highest BCUT2D eigenvalue weighted by Crippen LogP contribution is 2.29. The van der Waals surface area contributed by atoms with Crippen LogP contribution in [0.3, 0.4) is 0 Å². The molecule has 0 aliphatic carbocycles. The topological polar surface area (TPSA) is 92.5 Å². The lowest BCUT2D eigenvalue weighted by molar-refractivity contribution is 0.412. The molecule has 0 saturated carbocycles. The lowest BCUT2D eigenvalue weighted by atomic mass is 10.0. The van der Waals surface area contributed by atoms with Crippen molar-refractivity contribution in [2.45, 2.75) is 4.90 Å². The van der Waals surface area contributed by atoms with E-state index in [9.17, 15) is 8.42 Å². The average molecular weight is 489 g/mol. The van der Waals surface area contributed by atoms with Gasteiger partial charge in [0.2, 0.25) is 10.0 Å². The summed E-state index contributed by atoms with van der Waals surface area (Å²) in [5, 5.41) is 4.18. The summed E-state index contributed by atoms with van der Waals surface area (Å²) in [6.45, 7) is 0.841. The molecule has 2 heterocycles. The number of sulfonamides is 1. The Bertz CT molecular complexity index is 1370. The van der Waals surface area contributed by atoms with Gasteiger partial charge in [0.25, 0.3) is 0 Å². The van der Waals surface area contributed by atoms with E-state index in [1.807, 2.05) is 79.7 Å². The van der Waals surface area contributed by atoms with Crippen LogP contribution in [0.1, 0.15) is 11.1 Å².